The number of fused-ring (bicyclic) bond motifs is 17. The third kappa shape index (κ3) is 11.3. The van der Waals surface area contributed by atoms with Crippen molar-refractivity contribution in [3.63, 3.8) is 0 Å². The number of hydrogen-bond acceptors (Lipinski definition) is 6. The van der Waals surface area contributed by atoms with Crippen molar-refractivity contribution in [2.75, 3.05) is 6.54 Å². The van der Waals surface area contributed by atoms with E-state index < -0.39 is 59.7 Å². The van der Waals surface area contributed by atoms with Crippen molar-refractivity contribution in [3.05, 3.63) is 167 Å². The van der Waals surface area contributed by atoms with Crippen LogP contribution in [0.15, 0.2) is 140 Å². The lowest BCUT2D eigenvalue weighted by atomic mass is 9.98. The lowest BCUT2D eigenvalue weighted by molar-refractivity contribution is -0.142. The standard InChI is InChI=1S/C46H45N5O7/c52-40-26-27-47-42(53)36-23-21-35(22-24-36)41(46(57)58)51-45(56)39(28-31-12-6-2-7-13-31)50-44(55)38(29-32-16-19-34(20-17-32)33-14-8-3-9-15-33)49-43(54)37(48-40)25-18-30-10-4-1-5-11-30/h1-17,19-24,37-39,41H,18,25-29H2,(H,47,53)(H,48,52)(H,49,54)(H,50,55)(H,51,56)(H,57,58)/t37-,38+,39-,41?/m1/s1. The van der Waals surface area contributed by atoms with Gasteiger partial charge < -0.3 is 31.7 Å². The fourth-order valence-electron chi connectivity index (χ4n) is 6.75. The topological polar surface area (TPSA) is 183 Å². The highest BCUT2D eigenvalue weighted by molar-refractivity contribution is 5.97. The van der Waals surface area contributed by atoms with Gasteiger partial charge in [-0.15, -0.1) is 0 Å². The molecule has 296 valence electrons. The van der Waals surface area contributed by atoms with E-state index in [-0.39, 0.29) is 43.4 Å². The highest BCUT2D eigenvalue weighted by Gasteiger charge is 2.32. The summed E-state index contributed by atoms with van der Waals surface area (Å²) in [6.07, 6.45) is 0.544. The molecular formula is C46H45N5O7. The molecule has 5 aromatic carbocycles. The van der Waals surface area contributed by atoms with Crippen molar-refractivity contribution in [1.29, 1.82) is 0 Å². The average Bonchev–Trinajstić information content (AvgIpc) is 3.24. The molecule has 2 aliphatic heterocycles. The average molecular weight is 780 g/mol. The Morgan fingerprint density at radius 3 is 1.59 bits per heavy atom. The van der Waals surface area contributed by atoms with Gasteiger partial charge in [0.25, 0.3) is 5.91 Å². The van der Waals surface area contributed by atoms with Gasteiger partial charge in [-0.3, -0.25) is 24.0 Å². The van der Waals surface area contributed by atoms with Crippen molar-refractivity contribution in [1.82, 2.24) is 26.6 Å². The number of carbonyl (C=O) groups is 6. The Labute approximate surface area is 336 Å². The number of carbonyl (C=O) groups excluding carboxylic acids is 5. The van der Waals surface area contributed by atoms with E-state index in [1.807, 2.05) is 91.0 Å². The first-order chi connectivity index (χ1) is 28.1. The van der Waals surface area contributed by atoms with Gasteiger partial charge in [-0.1, -0.05) is 127 Å². The summed E-state index contributed by atoms with van der Waals surface area (Å²) in [5.41, 5.74) is 4.72. The Balaban J connectivity index is 1.35. The molecule has 0 fully saturated rings. The summed E-state index contributed by atoms with van der Waals surface area (Å²) >= 11 is 0. The molecule has 2 aliphatic rings. The number of aryl methyl sites for hydroxylation is 1. The largest absolute Gasteiger partial charge is 0.479 e. The van der Waals surface area contributed by atoms with Gasteiger partial charge in [0.05, 0.1) is 0 Å². The molecule has 0 saturated heterocycles. The van der Waals surface area contributed by atoms with Crippen LogP contribution < -0.4 is 26.6 Å². The molecule has 2 heterocycles. The van der Waals surface area contributed by atoms with Crippen LogP contribution in [0.5, 0.6) is 0 Å². The van der Waals surface area contributed by atoms with Crippen LogP contribution in [0, 0.1) is 0 Å². The lowest BCUT2D eigenvalue weighted by Crippen LogP contribution is -2.58. The highest BCUT2D eigenvalue weighted by Crippen LogP contribution is 2.21. The van der Waals surface area contributed by atoms with Crippen molar-refractivity contribution >= 4 is 35.5 Å². The molecule has 7 rings (SSSR count). The number of amides is 5. The zero-order valence-electron chi connectivity index (χ0n) is 31.7. The Kier molecular flexibility index (Phi) is 13.8. The van der Waals surface area contributed by atoms with E-state index in [9.17, 15) is 33.9 Å². The second-order valence-corrected chi connectivity index (χ2v) is 14.1. The molecule has 0 aliphatic carbocycles. The van der Waals surface area contributed by atoms with Gasteiger partial charge in [0.15, 0.2) is 6.04 Å². The number of nitrogens with one attached hydrogen (secondary N) is 5. The van der Waals surface area contributed by atoms with Crippen LogP contribution in [0.2, 0.25) is 0 Å². The minimum Gasteiger partial charge on any atom is -0.479 e. The van der Waals surface area contributed by atoms with Gasteiger partial charge in [0, 0.05) is 31.4 Å². The van der Waals surface area contributed by atoms with Gasteiger partial charge in [0.1, 0.15) is 18.1 Å². The molecule has 1 unspecified atom stereocenters. The van der Waals surface area contributed by atoms with Gasteiger partial charge in [-0.05, 0) is 58.4 Å². The summed E-state index contributed by atoms with van der Waals surface area (Å²) in [4.78, 5) is 81.4. The molecule has 0 aromatic heterocycles. The molecule has 6 N–H and O–H groups in total. The number of aliphatic carboxylic acids is 1. The normalized spacial score (nSPS) is 19.5. The van der Waals surface area contributed by atoms with E-state index in [2.05, 4.69) is 26.6 Å². The molecule has 2 bridgehead atoms. The maximum absolute atomic E-state index is 14.4. The Bertz CT molecular complexity index is 2200. The van der Waals surface area contributed by atoms with Crippen LogP contribution in [0.25, 0.3) is 11.1 Å². The third-order valence-corrected chi connectivity index (χ3v) is 9.94. The quantitative estimate of drug-likeness (QED) is 0.121. The number of rotatable bonds is 9. The van der Waals surface area contributed by atoms with Crippen molar-refractivity contribution in [2.24, 2.45) is 0 Å². The van der Waals surface area contributed by atoms with Gasteiger partial charge >= 0.3 is 5.97 Å². The maximum atomic E-state index is 14.4. The predicted molar refractivity (Wildman–Crippen MR) is 218 cm³/mol. The second-order valence-electron chi connectivity index (χ2n) is 14.1. The smallest absolute Gasteiger partial charge is 0.330 e. The van der Waals surface area contributed by atoms with Crippen LogP contribution in [0.3, 0.4) is 0 Å². The van der Waals surface area contributed by atoms with Crippen molar-refractivity contribution in [2.45, 2.75) is 56.3 Å². The first-order valence-corrected chi connectivity index (χ1v) is 19.2. The monoisotopic (exact) mass is 779 g/mol. The SMILES string of the molecule is O=C1CCNC(=O)c2ccc(cc2)C(C(=O)O)NC(=O)[C@@H](Cc2ccccc2)NC(=O)[C@H](Cc2ccc(-c3ccccc3)cc2)NC(=O)[C@@H](CCc2ccccc2)N1. The molecule has 0 saturated carbocycles. The van der Waals surface area contributed by atoms with Crippen LogP contribution in [0.4, 0.5) is 0 Å². The predicted octanol–water partition coefficient (Wildman–Crippen LogP) is 4.30. The third-order valence-electron chi connectivity index (χ3n) is 9.94. The van der Waals surface area contributed by atoms with Crippen molar-refractivity contribution in [3.8, 4) is 11.1 Å². The van der Waals surface area contributed by atoms with Crippen LogP contribution in [0.1, 0.15) is 51.5 Å². The number of benzene rings is 5. The number of carboxylic acid groups (broad SMARTS) is 1. The summed E-state index contributed by atoms with van der Waals surface area (Å²) in [6.45, 7) is -0.0416. The Morgan fingerprint density at radius 1 is 0.517 bits per heavy atom. The fraction of sp³-hybridized carbons (Fsp3) is 0.217. The molecule has 5 aromatic rings. The van der Waals surface area contributed by atoms with E-state index >= 15 is 0 Å². The summed E-state index contributed by atoms with van der Waals surface area (Å²) in [6, 6.07) is 36.4. The summed E-state index contributed by atoms with van der Waals surface area (Å²) < 4.78 is 0. The molecule has 58 heavy (non-hydrogen) atoms. The van der Waals surface area contributed by atoms with Gasteiger partial charge in [0.2, 0.25) is 23.6 Å². The number of carboxylic acids is 1. The second kappa shape index (κ2) is 19.7. The summed E-state index contributed by atoms with van der Waals surface area (Å²) in [5.74, 6) is -4.40. The van der Waals surface area contributed by atoms with E-state index in [1.165, 1.54) is 24.3 Å². The molecule has 12 heteroatoms. The highest BCUT2D eigenvalue weighted by atomic mass is 16.4. The minimum absolute atomic E-state index is 0.00601. The molecule has 5 amide bonds. The molecule has 12 nitrogen and oxygen atoms in total. The zero-order valence-corrected chi connectivity index (χ0v) is 31.7. The number of hydrogen-bond donors (Lipinski definition) is 6. The summed E-state index contributed by atoms with van der Waals surface area (Å²) in [5, 5.41) is 23.9. The molecule has 4 atom stereocenters. The van der Waals surface area contributed by atoms with Crippen LogP contribution in [-0.4, -0.2) is 65.3 Å². The van der Waals surface area contributed by atoms with E-state index in [1.54, 1.807) is 24.3 Å². The molecular weight excluding hydrogens is 735 g/mol. The van der Waals surface area contributed by atoms with E-state index in [4.69, 9.17) is 0 Å². The fourth-order valence-corrected chi connectivity index (χ4v) is 6.75. The maximum Gasteiger partial charge on any atom is 0.330 e. The zero-order chi connectivity index (χ0) is 40.9. The first-order valence-electron chi connectivity index (χ1n) is 19.2. The first kappa shape index (κ1) is 40.6. The Morgan fingerprint density at radius 2 is 1.00 bits per heavy atom. The molecule has 0 radical (unpaired) electrons. The minimum atomic E-state index is -1.52. The van der Waals surface area contributed by atoms with Crippen LogP contribution in [-0.2, 0) is 43.2 Å². The van der Waals surface area contributed by atoms with Gasteiger partial charge in [-0.2, -0.15) is 0 Å². The summed E-state index contributed by atoms with van der Waals surface area (Å²) in [7, 11) is 0. The van der Waals surface area contributed by atoms with Gasteiger partial charge in [-0.25, -0.2) is 4.79 Å². The van der Waals surface area contributed by atoms with E-state index in [0.29, 0.717) is 17.5 Å². The lowest BCUT2D eigenvalue weighted by Gasteiger charge is -2.27. The van der Waals surface area contributed by atoms with Crippen molar-refractivity contribution < 1.29 is 33.9 Å². The van der Waals surface area contributed by atoms with E-state index in [0.717, 1.165) is 16.7 Å². The van der Waals surface area contributed by atoms with Crippen LogP contribution >= 0.6 is 0 Å². The molecule has 0 spiro atoms. The Hall–Kier alpha value is -7.08.